The molecule has 0 radical (unpaired) electrons. The van der Waals surface area contributed by atoms with E-state index in [4.69, 9.17) is 0 Å². The molecule has 0 bridgehead atoms. The Bertz CT molecular complexity index is 434. The van der Waals surface area contributed by atoms with Gasteiger partial charge in [-0.15, -0.1) is 0 Å². The van der Waals surface area contributed by atoms with Gasteiger partial charge in [0.2, 0.25) is 5.91 Å². The Balaban J connectivity index is 2.34. The summed E-state index contributed by atoms with van der Waals surface area (Å²) in [5, 5.41) is 0. The number of likely N-dealkylation sites (tertiary alicyclic amines) is 1. The Labute approximate surface area is 215 Å². The smallest absolute Gasteiger partial charge is 0.225 e. The maximum absolute atomic E-state index is 13.4. The Morgan fingerprint density at radius 1 is 0.618 bits per heavy atom. The van der Waals surface area contributed by atoms with Gasteiger partial charge in [-0.2, -0.15) is 0 Å². The molecule has 2 heteroatoms. The molecular formula is C32H63NO. The van der Waals surface area contributed by atoms with E-state index in [0.29, 0.717) is 11.8 Å². The zero-order valence-corrected chi connectivity index (χ0v) is 24.1. The van der Waals surface area contributed by atoms with Crippen molar-refractivity contribution in [3.05, 3.63) is 0 Å². The van der Waals surface area contributed by atoms with Crippen LogP contribution in [0.25, 0.3) is 0 Å². The first-order valence-electron chi connectivity index (χ1n) is 15.9. The van der Waals surface area contributed by atoms with Gasteiger partial charge in [0.15, 0.2) is 0 Å². The van der Waals surface area contributed by atoms with E-state index in [2.05, 4.69) is 32.6 Å². The summed E-state index contributed by atoms with van der Waals surface area (Å²) in [6.07, 6.45) is 29.1. The molecule has 0 N–H and O–H groups in total. The van der Waals surface area contributed by atoms with Crippen molar-refractivity contribution in [3.8, 4) is 0 Å². The van der Waals surface area contributed by atoms with E-state index in [9.17, 15) is 4.79 Å². The topological polar surface area (TPSA) is 20.3 Å². The number of piperidine rings is 1. The molecule has 1 amide bonds. The van der Waals surface area contributed by atoms with Crippen molar-refractivity contribution >= 4 is 5.91 Å². The van der Waals surface area contributed by atoms with E-state index >= 15 is 0 Å². The molecule has 34 heavy (non-hydrogen) atoms. The predicted molar refractivity (Wildman–Crippen MR) is 151 cm³/mol. The quantitative estimate of drug-likeness (QED) is 0.142. The molecule has 1 aliphatic rings. The maximum atomic E-state index is 13.4. The monoisotopic (exact) mass is 477 g/mol. The fraction of sp³-hybridized carbons (Fsp3) is 0.969. The van der Waals surface area contributed by atoms with Crippen molar-refractivity contribution < 1.29 is 4.79 Å². The summed E-state index contributed by atoms with van der Waals surface area (Å²) < 4.78 is 0. The number of amides is 1. The van der Waals surface area contributed by atoms with Crippen LogP contribution in [0.2, 0.25) is 0 Å². The van der Waals surface area contributed by atoms with Gasteiger partial charge in [0.25, 0.3) is 0 Å². The van der Waals surface area contributed by atoms with Gasteiger partial charge in [0, 0.05) is 19.0 Å². The molecule has 0 aromatic heterocycles. The van der Waals surface area contributed by atoms with Crippen molar-refractivity contribution in [1.82, 2.24) is 4.90 Å². The van der Waals surface area contributed by atoms with E-state index in [1.807, 2.05) is 0 Å². The Morgan fingerprint density at radius 3 is 1.59 bits per heavy atom. The van der Waals surface area contributed by atoms with Gasteiger partial charge in [0.1, 0.15) is 0 Å². The van der Waals surface area contributed by atoms with Crippen molar-refractivity contribution in [2.24, 2.45) is 17.8 Å². The van der Waals surface area contributed by atoms with Crippen LogP contribution in [-0.2, 0) is 4.79 Å². The SMILES string of the molecule is CCCCCCC(CCCCCC)C(=O)N1CCC(CCCCC(CCCC)CCCC)CC1. The van der Waals surface area contributed by atoms with Gasteiger partial charge >= 0.3 is 0 Å². The number of nitrogens with zero attached hydrogens (tertiary/aromatic N) is 1. The van der Waals surface area contributed by atoms with Gasteiger partial charge in [-0.05, 0) is 37.5 Å². The molecule has 2 nitrogen and oxygen atoms in total. The van der Waals surface area contributed by atoms with Crippen LogP contribution < -0.4 is 0 Å². The van der Waals surface area contributed by atoms with Crippen molar-refractivity contribution in [3.63, 3.8) is 0 Å². The third kappa shape index (κ3) is 14.8. The summed E-state index contributed by atoms with van der Waals surface area (Å²) >= 11 is 0. The van der Waals surface area contributed by atoms with Gasteiger partial charge in [-0.25, -0.2) is 0 Å². The fourth-order valence-corrected chi connectivity index (χ4v) is 6.01. The molecule has 202 valence electrons. The number of carbonyl (C=O) groups excluding carboxylic acids is 1. The molecule has 1 rings (SSSR count). The molecule has 0 atom stereocenters. The van der Waals surface area contributed by atoms with Crippen molar-refractivity contribution in [1.29, 1.82) is 0 Å². The normalized spacial score (nSPS) is 15.1. The summed E-state index contributed by atoms with van der Waals surface area (Å²) in [7, 11) is 0. The van der Waals surface area contributed by atoms with Crippen LogP contribution in [0.5, 0.6) is 0 Å². The van der Waals surface area contributed by atoms with Gasteiger partial charge in [0.05, 0.1) is 0 Å². The minimum atomic E-state index is 0.299. The van der Waals surface area contributed by atoms with Crippen LogP contribution in [0.15, 0.2) is 0 Å². The van der Waals surface area contributed by atoms with Gasteiger partial charge < -0.3 is 4.90 Å². The second kappa shape index (κ2) is 21.7. The van der Waals surface area contributed by atoms with E-state index in [1.165, 1.54) is 128 Å². The van der Waals surface area contributed by atoms with Crippen LogP contribution in [0.4, 0.5) is 0 Å². The highest BCUT2D eigenvalue weighted by Gasteiger charge is 2.27. The first-order valence-corrected chi connectivity index (χ1v) is 15.9. The standard InChI is InChI=1S/C32H63NO/c1-5-9-13-15-23-31(24-16-14-10-6-2)32(34)33-27-25-30(26-28-33)22-18-17-21-29(19-11-7-3)20-12-8-4/h29-31H,5-28H2,1-4H3. The number of hydrogen-bond acceptors (Lipinski definition) is 1. The Kier molecular flexibility index (Phi) is 20.1. The minimum absolute atomic E-state index is 0.299. The minimum Gasteiger partial charge on any atom is -0.342 e. The highest BCUT2D eigenvalue weighted by molar-refractivity contribution is 5.78. The van der Waals surface area contributed by atoms with Crippen LogP contribution in [0.1, 0.15) is 169 Å². The molecule has 1 aliphatic heterocycles. The van der Waals surface area contributed by atoms with E-state index < -0.39 is 0 Å². The highest BCUT2D eigenvalue weighted by Crippen LogP contribution is 2.28. The first kappa shape index (κ1) is 31.5. The summed E-state index contributed by atoms with van der Waals surface area (Å²) in [5.74, 6) is 2.64. The van der Waals surface area contributed by atoms with Crippen LogP contribution in [0, 0.1) is 17.8 Å². The van der Waals surface area contributed by atoms with E-state index in [1.54, 1.807) is 0 Å². The van der Waals surface area contributed by atoms with Crippen molar-refractivity contribution in [2.45, 2.75) is 169 Å². The summed E-state index contributed by atoms with van der Waals surface area (Å²) in [6, 6.07) is 0. The largest absolute Gasteiger partial charge is 0.342 e. The van der Waals surface area contributed by atoms with Crippen LogP contribution >= 0.6 is 0 Å². The molecule has 0 saturated carbocycles. The molecule has 1 saturated heterocycles. The van der Waals surface area contributed by atoms with Gasteiger partial charge in [-0.3, -0.25) is 4.79 Å². The maximum Gasteiger partial charge on any atom is 0.225 e. The molecule has 1 fully saturated rings. The lowest BCUT2D eigenvalue weighted by Gasteiger charge is -2.34. The molecule has 1 heterocycles. The molecule has 0 aliphatic carbocycles. The third-order valence-electron chi connectivity index (χ3n) is 8.49. The summed E-state index contributed by atoms with van der Waals surface area (Å²) in [6.45, 7) is 11.3. The van der Waals surface area contributed by atoms with Crippen LogP contribution in [-0.4, -0.2) is 23.9 Å². The molecule has 0 aromatic carbocycles. The first-order chi connectivity index (χ1) is 16.7. The zero-order valence-electron chi connectivity index (χ0n) is 24.1. The van der Waals surface area contributed by atoms with Crippen LogP contribution in [0.3, 0.4) is 0 Å². The van der Waals surface area contributed by atoms with E-state index in [-0.39, 0.29) is 0 Å². The number of unbranched alkanes of at least 4 members (excludes halogenated alkanes) is 9. The van der Waals surface area contributed by atoms with Gasteiger partial charge in [-0.1, -0.05) is 143 Å². The number of carbonyl (C=O) groups is 1. The number of rotatable bonds is 22. The fourth-order valence-electron chi connectivity index (χ4n) is 6.01. The Hall–Kier alpha value is -0.530. The molecule has 0 spiro atoms. The average Bonchev–Trinajstić information content (AvgIpc) is 2.86. The lowest BCUT2D eigenvalue weighted by molar-refractivity contribution is -0.137. The second-order valence-electron chi connectivity index (χ2n) is 11.6. The lowest BCUT2D eigenvalue weighted by atomic mass is 9.87. The molecule has 0 aromatic rings. The Morgan fingerprint density at radius 2 is 1.09 bits per heavy atom. The van der Waals surface area contributed by atoms with Crippen molar-refractivity contribution in [2.75, 3.05) is 13.1 Å². The number of hydrogen-bond donors (Lipinski definition) is 0. The lowest BCUT2D eigenvalue weighted by Crippen LogP contribution is -2.41. The third-order valence-corrected chi connectivity index (χ3v) is 8.49. The summed E-state index contributed by atoms with van der Waals surface area (Å²) in [5.41, 5.74) is 0. The second-order valence-corrected chi connectivity index (χ2v) is 11.6. The zero-order chi connectivity index (χ0) is 24.9. The highest BCUT2D eigenvalue weighted by atomic mass is 16.2. The van der Waals surface area contributed by atoms with E-state index in [0.717, 1.165) is 37.8 Å². The average molecular weight is 478 g/mol. The predicted octanol–water partition coefficient (Wildman–Crippen LogP) is 10.3. The summed E-state index contributed by atoms with van der Waals surface area (Å²) in [4.78, 5) is 15.6. The molecular weight excluding hydrogens is 414 g/mol. The molecule has 0 unspecified atom stereocenters.